The molecule has 0 aromatic heterocycles. The van der Waals surface area contributed by atoms with Crippen LogP contribution in [-0.4, -0.2) is 19.0 Å². The summed E-state index contributed by atoms with van der Waals surface area (Å²) in [6.45, 7) is 0. The van der Waals surface area contributed by atoms with E-state index in [4.69, 9.17) is 10.00 Å². The Morgan fingerprint density at radius 3 is 2.12 bits per heavy atom. The van der Waals surface area contributed by atoms with Gasteiger partial charge in [-0.2, -0.15) is 5.26 Å². The van der Waals surface area contributed by atoms with Crippen molar-refractivity contribution in [2.24, 2.45) is 0 Å². The first-order valence-electron chi connectivity index (χ1n) is 7.02. The number of carbonyl (C=O) groups is 2. The van der Waals surface area contributed by atoms with Crippen molar-refractivity contribution in [3.63, 3.8) is 0 Å². The molecular weight excluding hydrogens is 313 g/mol. The maximum absolute atomic E-state index is 14.9. The Labute approximate surface area is 138 Å². The van der Waals surface area contributed by atoms with Gasteiger partial charge in [0.25, 0.3) is 0 Å². The van der Waals surface area contributed by atoms with Gasteiger partial charge in [-0.1, -0.05) is 60.7 Å². The Kier molecular flexibility index (Phi) is 5.27. The number of carbonyl (C=O) groups excluding carboxylic acids is 2. The van der Waals surface area contributed by atoms with Gasteiger partial charge in [0, 0.05) is 11.1 Å². The molecule has 0 fully saturated rings. The van der Waals surface area contributed by atoms with Crippen molar-refractivity contribution in [1.29, 1.82) is 5.26 Å². The molecule has 2 aromatic rings. The lowest BCUT2D eigenvalue weighted by molar-refractivity contribution is -0.173. The van der Waals surface area contributed by atoms with Crippen molar-refractivity contribution >= 4 is 11.9 Å². The molecule has 0 radical (unpaired) electrons. The van der Waals surface area contributed by atoms with Gasteiger partial charge >= 0.3 is 17.6 Å². The zero-order valence-electron chi connectivity index (χ0n) is 12.8. The molecule has 5 nitrogen and oxygen atoms in total. The number of alkyl halides is 1. The second-order valence-corrected chi connectivity index (χ2v) is 4.86. The van der Waals surface area contributed by atoms with Gasteiger partial charge in [-0.15, -0.1) is 0 Å². The number of hydrogen-bond donors (Lipinski definition) is 0. The highest BCUT2D eigenvalue weighted by Gasteiger charge is 2.45. The maximum Gasteiger partial charge on any atom is 0.364 e. The van der Waals surface area contributed by atoms with Gasteiger partial charge in [-0.3, -0.25) is 0 Å². The van der Waals surface area contributed by atoms with E-state index in [-0.39, 0.29) is 5.56 Å². The van der Waals surface area contributed by atoms with Gasteiger partial charge in [0.05, 0.1) is 7.11 Å². The zero-order valence-corrected chi connectivity index (χ0v) is 12.8. The number of nitriles is 1. The molecule has 2 aromatic carbocycles. The summed E-state index contributed by atoms with van der Waals surface area (Å²) < 4.78 is 24.5. The molecule has 2 atom stereocenters. The average molecular weight is 327 g/mol. The fourth-order valence-corrected chi connectivity index (χ4v) is 2.07. The van der Waals surface area contributed by atoms with Crippen molar-refractivity contribution in [2.75, 3.05) is 7.11 Å². The van der Waals surface area contributed by atoms with Crippen LogP contribution in [0.15, 0.2) is 60.7 Å². The molecule has 24 heavy (non-hydrogen) atoms. The molecule has 1 unspecified atom stereocenters. The van der Waals surface area contributed by atoms with Crippen molar-refractivity contribution in [3.8, 4) is 6.07 Å². The van der Waals surface area contributed by atoms with E-state index in [1.165, 1.54) is 42.5 Å². The minimum Gasteiger partial charge on any atom is -0.466 e. The topological polar surface area (TPSA) is 76.4 Å². The number of nitrogens with zero attached hydrogens (tertiary/aromatic N) is 1. The average Bonchev–Trinajstić information content (AvgIpc) is 2.65. The number of rotatable bonds is 5. The van der Waals surface area contributed by atoms with Crippen LogP contribution in [0.4, 0.5) is 4.39 Å². The smallest absolute Gasteiger partial charge is 0.364 e. The van der Waals surface area contributed by atoms with E-state index < -0.39 is 23.7 Å². The standard InChI is InChI=1S/C18H14FNO4/c1-23-16(21)15(13-8-4-2-5-9-13)24-17(22)18(19,12-20)14-10-6-3-7-11-14/h2-11,15H,1H3/t15?,18-/m1/s1. The number of halogens is 1. The van der Waals surface area contributed by atoms with Crippen LogP contribution in [0.2, 0.25) is 0 Å². The first-order valence-corrected chi connectivity index (χ1v) is 7.02. The summed E-state index contributed by atoms with van der Waals surface area (Å²) in [6, 6.07) is 16.5. The van der Waals surface area contributed by atoms with E-state index >= 15 is 0 Å². The Morgan fingerprint density at radius 2 is 1.62 bits per heavy atom. The summed E-state index contributed by atoms with van der Waals surface area (Å²) in [4.78, 5) is 24.2. The second kappa shape index (κ2) is 7.38. The van der Waals surface area contributed by atoms with Crippen molar-refractivity contribution in [3.05, 3.63) is 71.8 Å². The van der Waals surface area contributed by atoms with E-state index in [0.29, 0.717) is 5.56 Å². The quantitative estimate of drug-likeness (QED) is 0.789. The fraction of sp³-hybridized carbons (Fsp3) is 0.167. The number of esters is 2. The first kappa shape index (κ1) is 17.2. The lowest BCUT2D eigenvalue weighted by atomic mass is 9.97. The summed E-state index contributed by atoms with van der Waals surface area (Å²) in [5.74, 6) is -2.35. The van der Waals surface area contributed by atoms with Crippen LogP contribution in [0.1, 0.15) is 17.2 Å². The molecule has 6 heteroatoms. The van der Waals surface area contributed by atoms with Crippen LogP contribution in [0, 0.1) is 11.3 Å². The number of hydrogen-bond acceptors (Lipinski definition) is 5. The summed E-state index contributed by atoms with van der Waals surface area (Å²) in [7, 11) is 1.12. The zero-order chi connectivity index (χ0) is 17.6. The first-order chi connectivity index (χ1) is 11.5. The Hall–Kier alpha value is -3.20. The monoisotopic (exact) mass is 327 g/mol. The molecule has 0 N–H and O–H groups in total. The maximum atomic E-state index is 14.9. The molecule has 2 rings (SSSR count). The van der Waals surface area contributed by atoms with Crippen molar-refractivity contribution in [1.82, 2.24) is 0 Å². The van der Waals surface area contributed by atoms with E-state index in [1.807, 2.05) is 0 Å². The normalized spacial score (nSPS) is 13.9. The van der Waals surface area contributed by atoms with Gasteiger partial charge in [0.2, 0.25) is 6.10 Å². The molecule has 0 saturated heterocycles. The van der Waals surface area contributed by atoms with E-state index in [1.54, 1.807) is 24.3 Å². The van der Waals surface area contributed by atoms with Crippen LogP contribution in [0.3, 0.4) is 0 Å². The van der Waals surface area contributed by atoms with Gasteiger partial charge in [-0.25, -0.2) is 14.0 Å². The SMILES string of the molecule is COC(=O)C(OC(=O)[C@@](F)(C#N)c1ccccc1)c1ccccc1. The third-order valence-corrected chi connectivity index (χ3v) is 3.35. The Balaban J connectivity index is 2.33. The molecule has 0 saturated carbocycles. The Morgan fingerprint density at radius 1 is 1.08 bits per heavy atom. The van der Waals surface area contributed by atoms with Gasteiger partial charge in [0.1, 0.15) is 6.07 Å². The predicted octanol–water partition coefficient (Wildman–Crippen LogP) is 2.83. The van der Waals surface area contributed by atoms with Crippen molar-refractivity contribution in [2.45, 2.75) is 11.8 Å². The van der Waals surface area contributed by atoms with E-state index in [9.17, 15) is 14.0 Å². The van der Waals surface area contributed by atoms with E-state index in [0.717, 1.165) is 7.11 Å². The highest BCUT2D eigenvalue weighted by Crippen LogP contribution is 2.30. The van der Waals surface area contributed by atoms with Crippen LogP contribution in [-0.2, 0) is 24.7 Å². The minimum atomic E-state index is -3.03. The van der Waals surface area contributed by atoms with Crippen molar-refractivity contribution < 1.29 is 23.5 Å². The minimum absolute atomic E-state index is 0.172. The lowest BCUT2D eigenvalue weighted by Crippen LogP contribution is -2.34. The summed E-state index contributed by atoms with van der Waals surface area (Å²) in [5, 5.41) is 9.15. The molecule has 122 valence electrons. The third kappa shape index (κ3) is 3.41. The summed E-state index contributed by atoms with van der Waals surface area (Å²) >= 11 is 0. The highest BCUT2D eigenvalue weighted by molar-refractivity contribution is 5.88. The highest BCUT2D eigenvalue weighted by atomic mass is 19.1. The Bertz CT molecular complexity index is 758. The number of ether oxygens (including phenoxy) is 2. The summed E-state index contributed by atoms with van der Waals surface area (Å²) in [5.41, 5.74) is -2.89. The van der Waals surface area contributed by atoms with Crippen LogP contribution < -0.4 is 0 Å². The van der Waals surface area contributed by atoms with Gasteiger partial charge < -0.3 is 9.47 Å². The van der Waals surface area contributed by atoms with Crippen LogP contribution in [0.25, 0.3) is 0 Å². The van der Waals surface area contributed by atoms with E-state index in [2.05, 4.69) is 4.74 Å². The molecule has 0 spiro atoms. The largest absolute Gasteiger partial charge is 0.466 e. The van der Waals surface area contributed by atoms with Crippen LogP contribution in [0.5, 0.6) is 0 Å². The molecule has 0 amide bonds. The van der Waals surface area contributed by atoms with Gasteiger partial charge in [0.15, 0.2) is 0 Å². The van der Waals surface area contributed by atoms with Gasteiger partial charge in [-0.05, 0) is 0 Å². The number of benzene rings is 2. The second-order valence-electron chi connectivity index (χ2n) is 4.86. The molecule has 0 heterocycles. The predicted molar refractivity (Wildman–Crippen MR) is 82.1 cm³/mol. The number of methoxy groups -OCH3 is 1. The molecule has 0 bridgehead atoms. The molecule has 0 aliphatic carbocycles. The third-order valence-electron chi connectivity index (χ3n) is 3.35. The molecule has 0 aliphatic heterocycles. The van der Waals surface area contributed by atoms with Crippen LogP contribution >= 0.6 is 0 Å². The fourth-order valence-electron chi connectivity index (χ4n) is 2.07. The lowest BCUT2D eigenvalue weighted by Gasteiger charge is -2.21. The summed E-state index contributed by atoms with van der Waals surface area (Å²) in [6.07, 6.45) is -1.46. The molecular formula is C18H14FNO4. The molecule has 0 aliphatic rings.